The number of rotatable bonds is 4. The van der Waals surface area contributed by atoms with Gasteiger partial charge < -0.3 is 5.32 Å². The van der Waals surface area contributed by atoms with Gasteiger partial charge in [0.05, 0.1) is 9.92 Å². The Morgan fingerprint density at radius 2 is 1.86 bits per heavy atom. The normalized spacial score (nSPS) is 11.4. The van der Waals surface area contributed by atoms with E-state index in [1.54, 1.807) is 24.3 Å². The monoisotopic (exact) mass is 407 g/mol. The van der Waals surface area contributed by atoms with E-state index in [9.17, 15) is 8.42 Å². The molecule has 0 radical (unpaired) electrons. The van der Waals surface area contributed by atoms with Crippen molar-refractivity contribution in [3.05, 3.63) is 56.5 Å². The van der Waals surface area contributed by atoms with Crippen LogP contribution in [0, 0.1) is 0 Å². The molecule has 0 spiro atoms. The fourth-order valence-electron chi connectivity index (χ4n) is 1.85. The van der Waals surface area contributed by atoms with E-state index in [-0.39, 0.29) is 4.90 Å². The van der Waals surface area contributed by atoms with Gasteiger partial charge in [-0.2, -0.15) is 0 Å². The second kappa shape index (κ2) is 6.57. The number of benzene rings is 2. The van der Waals surface area contributed by atoms with E-state index in [0.29, 0.717) is 22.2 Å². The van der Waals surface area contributed by atoms with Crippen LogP contribution < -0.4 is 5.32 Å². The van der Waals surface area contributed by atoms with Crippen LogP contribution in [0.25, 0.3) is 0 Å². The van der Waals surface area contributed by atoms with Crippen molar-refractivity contribution in [2.45, 2.75) is 11.4 Å². The average Bonchev–Trinajstić information content (AvgIpc) is 2.40. The van der Waals surface area contributed by atoms with Gasteiger partial charge in [0.2, 0.25) is 0 Å². The van der Waals surface area contributed by atoms with Gasteiger partial charge in [0.25, 0.3) is 0 Å². The summed E-state index contributed by atoms with van der Waals surface area (Å²) in [7, 11) is -3.33. The number of nitrogens with one attached hydrogen (secondary N) is 1. The van der Waals surface area contributed by atoms with E-state index in [4.69, 9.17) is 23.2 Å². The molecule has 2 aromatic carbocycles. The van der Waals surface area contributed by atoms with E-state index in [2.05, 4.69) is 21.2 Å². The molecule has 0 aliphatic carbocycles. The first-order valence-electron chi connectivity index (χ1n) is 5.95. The number of halogens is 3. The lowest BCUT2D eigenvalue weighted by atomic mass is 10.2. The molecule has 0 aromatic heterocycles. The number of hydrogen-bond donors (Lipinski definition) is 1. The molecule has 112 valence electrons. The lowest BCUT2D eigenvalue weighted by Crippen LogP contribution is -2.07. The number of sulfone groups is 1. The smallest absolute Gasteiger partial charge is 0.175 e. The van der Waals surface area contributed by atoms with Crippen molar-refractivity contribution in [1.82, 2.24) is 0 Å². The molecule has 0 fully saturated rings. The molecule has 0 atom stereocenters. The molecule has 2 rings (SSSR count). The van der Waals surface area contributed by atoms with Crippen LogP contribution in [-0.4, -0.2) is 14.7 Å². The van der Waals surface area contributed by atoms with Gasteiger partial charge in [0.15, 0.2) is 9.84 Å². The third-order valence-electron chi connectivity index (χ3n) is 2.86. The molecule has 7 heteroatoms. The summed E-state index contributed by atoms with van der Waals surface area (Å²) in [4.78, 5) is 0.228. The van der Waals surface area contributed by atoms with Crippen LogP contribution in [-0.2, 0) is 16.4 Å². The molecular formula is C14H12BrCl2NO2S. The maximum atomic E-state index is 11.8. The number of anilines is 1. The first-order valence-corrected chi connectivity index (χ1v) is 9.39. The van der Waals surface area contributed by atoms with Gasteiger partial charge >= 0.3 is 0 Å². The van der Waals surface area contributed by atoms with E-state index >= 15 is 0 Å². The summed E-state index contributed by atoms with van der Waals surface area (Å²) < 4.78 is 24.4. The molecule has 0 bridgehead atoms. The predicted molar refractivity (Wildman–Crippen MR) is 91.0 cm³/mol. The van der Waals surface area contributed by atoms with Crippen LogP contribution in [0.3, 0.4) is 0 Å². The number of hydrogen-bond acceptors (Lipinski definition) is 3. The summed E-state index contributed by atoms with van der Waals surface area (Å²) in [6.45, 7) is 0.292. The summed E-state index contributed by atoms with van der Waals surface area (Å²) in [5.74, 6) is 0. The molecule has 1 N–H and O–H groups in total. The Balaban J connectivity index is 2.30. The molecule has 0 aliphatic heterocycles. The summed E-state index contributed by atoms with van der Waals surface area (Å²) in [6, 6.07) is 10.2. The molecule has 0 saturated carbocycles. The molecule has 0 amide bonds. The summed E-state index contributed by atoms with van der Waals surface area (Å²) in [5.41, 5.74) is 1.32. The van der Waals surface area contributed by atoms with Crippen LogP contribution in [0.2, 0.25) is 10.0 Å². The van der Waals surface area contributed by atoms with E-state index in [1.165, 1.54) is 6.26 Å². The quantitative estimate of drug-likeness (QED) is 0.792. The highest BCUT2D eigenvalue weighted by atomic mass is 79.9. The predicted octanol–water partition coefficient (Wildman–Crippen LogP) is 4.77. The van der Waals surface area contributed by atoms with Crippen molar-refractivity contribution < 1.29 is 8.42 Å². The first kappa shape index (κ1) is 16.6. The maximum absolute atomic E-state index is 11.8. The van der Waals surface area contributed by atoms with Crippen LogP contribution in [0.4, 0.5) is 5.69 Å². The lowest BCUT2D eigenvalue weighted by molar-refractivity contribution is 0.601. The maximum Gasteiger partial charge on any atom is 0.175 e. The van der Waals surface area contributed by atoms with Gasteiger partial charge in [-0.05, 0) is 46.3 Å². The van der Waals surface area contributed by atoms with Crippen LogP contribution in [0.15, 0.2) is 45.8 Å². The topological polar surface area (TPSA) is 46.2 Å². The van der Waals surface area contributed by atoms with E-state index in [1.807, 2.05) is 12.1 Å². The Bertz CT molecular complexity index is 779. The molecule has 2 aromatic rings. The summed E-state index contributed by atoms with van der Waals surface area (Å²) in [6.07, 6.45) is 1.17. The average molecular weight is 409 g/mol. The van der Waals surface area contributed by atoms with Crippen molar-refractivity contribution >= 4 is 54.7 Å². The van der Waals surface area contributed by atoms with Crippen molar-refractivity contribution in [3.8, 4) is 0 Å². The Labute approximate surface area is 142 Å². The molecule has 21 heavy (non-hydrogen) atoms. The Morgan fingerprint density at radius 1 is 1.14 bits per heavy atom. The van der Waals surface area contributed by atoms with Gasteiger partial charge in [-0.15, -0.1) is 0 Å². The van der Waals surface area contributed by atoms with Crippen molar-refractivity contribution in [1.29, 1.82) is 0 Å². The zero-order chi connectivity index (χ0) is 15.6. The van der Waals surface area contributed by atoms with Crippen molar-refractivity contribution in [3.63, 3.8) is 0 Å². The Hall–Kier alpha value is -0.750. The van der Waals surface area contributed by atoms with E-state index in [0.717, 1.165) is 10.2 Å². The molecule has 3 nitrogen and oxygen atoms in total. The summed E-state index contributed by atoms with van der Waals surface area (Å²) >= 11 is 15.5. The zero-order valence-electron chi connectivity index (χ0n) is 11.0. The summed E-state index contributed by atoms with van der Waals surface area (Å²) in [5, 5.41) is 4.11. The largest absolute Gasteiger partial charge is 0.381 e. The molecule has 0 saturated heterocycles. The zero-order valence-corrected chi connectivity index (χ0v) is 14.9. The van der Waals surface area contributed by atoms with E-state index < -0.39 is 9.84 Å². The molecule has 0 unspecified atom stereocenters. The molecule has 0 heterocycles. The third kappa shape index (κ3) is 4.13. The van der Waals surface area contributed by atoms with Gasteiger partial charge in [0, 0.05) is 33.5 Å². The second-order valence-electron chi connectivity index (χ2n) is 4.47. The third-order valence-corrected chi connectivity index (χ3v) is 5.63. The SMILES string of the molecule is CS(=O)(=O)c1cccc(Cl)c1CNc1ccc(Br)c(Cl)c1. The fraction of sp³-hybridized carbons (Fsp3) is 0.143. The van der Waals surface area contributed by atoms with Gasteiger partial charge in [0.1, 0.15) is 0 Å². The highest BCUT2D eigenvalue weighted by Crippen LogP contribution is 2.28. The van der Waals surface area contributed by atoms with Crippen molar-refractivity contribution in [2.75, 3.05) is 11.6 Å². The lowest BCUT2D eigenvalue weighted by Gasteiger charge is -2.12. The minimum atomic E-state index is -3.33. The van der Waals surface area contributed by atoms with Gasteiger partial charge in [-0.1, -0.05) is 29.3 Å². The first-order chi connectivity index (χ1) is 9.79. The van der Waals surface area contributed by atoms with Crippen molar-refractivity contribution in [2.24, 2.45) is 0 Å². The standard InChI is InChI=1S/C14H12BrCl2NO2S/c1-21(19,20)14-4-2-3-12(16)10(14)8-18-9-5-6-11(15)13(17)7-9/h2-7,18H,8H2,1H3. The minimum Gasteiger partial charge on any atom is -0.381 e. The highest BCUT2D eigenvalue weighted by Gasteiger charge is 2.15. The Morgan fingerprint density at radius 3 is 2.48 bits per heavy atom. The van der Waals surface area contributed by atoms with Crippen LogP contribution in [0.5, 0.6) is 0 Å². The Kier molecular flexibility index (Phi) is 5.20. The molecular weight excluding hydrogens is 397 g/mol. The van der Waals surface area contributed by atoms with Gasteiger partial charge in [-0.25, -0.2) is 8.42 Å². The van der Waals surface area contributed by atoms with Gasteiger partial charge in [-0.3, -0.25) is 0 Å². The minimum absolute atomic E-state index is 0.228. The van der Waals surface area contributed by atoms with Crippen LogP contribution >= 0.6 is 39.1 Å². The highest BCUT2D eigenvalue weighted by molar-refractivity contribution is 9.10. The fourth-order valence-corrected chi connectivity index (χ4v) is 3.53. The molecule has 0 aliphatic rings. The second-order valence-corrected chi connectivity index (χ2v) is 8.12. The van der Waals surface area contributed by atoms with Crippen LogP contribution in [0.1, 0.15) is 5.56 Å².